The van der Waals surface area contributed by atoms with Gasteiger partial charge < -0.3 is 15.7 Å². The van der Waals surface area contributed by atoms with Crippen molar-refractivity contribution in [1.82, 2.24) is 0 Å². The van der Waals surface area contributed by atoms with Gasteiger partial charge in [-0.2, -0.15) is 0 Å². The molecule has 0 aliphatic heterocycles. The zero-order chi connectivity index (χ0) is 15.6. The molecular formula is C16H18N2O3. The smallest absolute Gasteiger partial charge is 0.320 e. The molecule has 0 radical (unpaired) electrons. The summed E-state index contributed by atoms with van der Waals surface area (Å²) in [5.74, 6) is -1.43. The minimum Gasteiger partial charge on any atom is -0.480 e. The Morgan fingerprint density at radius 1 is 1.14 bits per heavy atom. The van der Waals surface area contributed by atoms with E-state index in [-0.39, 0.29) is 12.2 Å². The van der Waals surface area contributed by atoms with E-state index in [4.69, 9.17) is 10.8 Å². The van der Waals surface area contributed by atoms with Crippen molar-refractivity contribution in [3.63, 3.8) is 0 Å². The minimum absolute atomic E-state index is 0.198. The number of ketones is 1. The summed E-state index contributed by atoms with van der Waals surface area (Å²) in [6, 6.07) is 10.1. The Hall–Kier alpha value is -2.40. The topological polar surface area (TPSA) is 83.6 Å². The zero-order valence-electron chi connectivity index (χ0n) is 12.0. The molecule has 2 aromatic rings. The third-order valence-corrected chi connectivity index (χ3v) is 3.38. The van der Waals surface area contributed by atoms with Gasteiger partial charge >= 0.3 is 5.97 Å². The van der Waals surface area contributed by atoms with Crippen LogP contribution in [0, 0.1) is 0 Å². The fraction of sp³-hybridized carbons (Fsp3) is 0.250. The molecule has 2 rings (SSSR count). The van der Waals surface area contributed by atoms with Crippen molar-refractivity contribution >= 4 is 28.2 Å². The molecule has 0 heterocycles. The number of carboxylic acid groups (broad SMARTS) is 1. The van der Waals surface area contributed by atoms with Crippen LogP contribution in [0.2, 0.25) is 0 Å². The molecule has 2 aromatic carbocycles. The molecule has 3 N–H and O–H groups in total. The maximum atomic E-state index is 12.0. The number of anilines is 1. The second kappa shape index (κ2) is 5.93. The van der Waals surface area contributed by atoms with Gasteiger partial charge in [-0.1, -0.05) is 18.2 Å². The second-order valence-corrected chi connectivity index (χ2v) is 5.21. The van der Waals surface area contributed by atoms with Gasteiger partial charge in [0.25, 0.3) is 0 Å². The van der Waals surface area contributed by atoms with E-state index in [1.54, 1.807) is 12.1 Å². The van der Waals surface area contributed by atoms with Crippen molar-refractivity contribution in [2.24, 2.45) is 5.73 Å². The summed E-state index contributed by atoms with van der Waals surface area (Å²) >= 11 is 0. The van der Waals surface area contributed by atoms with E-state index >= 15 is 0 Å². The second-order valence-electron chi connectivity index (χ2n) is 5.21. The highest BCUT2D eigenvalue weighted by molar-refractivity contribution is 6.02. The maximum Gasteiger partial charge on any atom is 0.320 e. The summed E-state index contributed by atoms with van der Waals surface area (Å²) in [5, 5.41) is 10.7. The van der Waals surface area contributed by atoms with Crippen molar-refractivity contribution in [1.29, 1.82) is 0 Å². The van der Waals surface area contributed by atoms with Crippen molar-refractivity contribution in [2.75, 3.05) is 19.0 Å². The number of fused-ring (bicyclic) bond motifs is 1. The molecule has 1 unspecified atom stereocenters. The Balaban J connectivity index is 2.29. The number of carbonyl (C=O) groups excluding carboxylic acids is 1. The van der Waals surface area contributed by atoms with E-state index in [0.29, 0.717) is 5.56 Å². The van der Waals surface area contributed by atoms with Crippen LogP contribution in [-0.2, 0) is 4.79 Å². The van der Waals surface area contributed by atoms with Gasteiger partial charge in [0.2, 0.25) is 0 Å². The summed E-state index contributed by atoms with van der Waals surface area (Å²) in [5.41, 5.74) is 6.96. The fourth-order valence-electron chi connectivity index (χ4n) is 2.09. The number of Topliss-reactive ketones (excluding diaryl/α,β-unsaturated/α-hetero) is 1. The Morgan fingerprint density at radius 2 is 1.76 bits per heavy atom. The Bertz CT molecular complexity index is 695. The van der Waals surface area contributed by atoms with Crippen LogP contribution >= 0.6 is 0 Å². The molecule has 0 bridgehead atoms. The van der Waals surface area contributed by atoms with Crippen molar-refractivity contribution < 1.29 is 14.7 Å². The predicted octanol–water partition coefficient (Wildman–Crippen LogP) is 1.89. The van der Waals surface area contributed by atoms with E-state index in [9.17, 15) is 9.59 Å². The molecule has 5 heteroatoms. The number of carboxylic acids is 1. The fourth-order valence-corrected chi connectivity index (χ4v) is 2.09. The van der Waals surface area contributed by atoms with Gasteiger partial charge in [-0.05, 0) is 29.0 Å². The van der Waals surface area contributed by atoms with Gasteiger partial charge in [0.05, 0.1) is 0 Å². The molecule has 21 heavy (non-hydrogen) atoms. The highest BCUT2D eigenvalue weighted by atomic mass is 16.4. The Labute approximate surface area is 123 Å². The van der Waals surface area contributed by atoms with Gasteiger partial charge in [-0.15, -0.1) is 0 Å². The van der Waals surface area contributed by atoms with Crippen LogP contribution in [0.5, 0.6) is 0 Å². The Morgan fingerprint density at radius 3 is 2.38 bits per heavy atom. The molecule has 0 amide bonds. The first-order valence-corrected chi connectivity index (χ1v) is 6.61. The first-order chi connectivity index (χ1) is 9.88. The summed E-state index contributed by atoms with van der Waals surface area (Å²) < 4.78 is 0. The van der Waals surface area contributed by atoms with Gasteiger partial charge in [0.15, 0.2) is 5.78 Å². The zero-order valence-corrected chi connectivity index (χ0v) is 12.0. The lowest BCUT2D eigenvalue weighted by atomic mass is 10.00. The average Bonchev–Trinajstić information content (AvgIpc) is 2.45. The number of benzene rings is 2. The van der Waals surface area contributed by atoms with Gasteiger partial charge in [-0.3, -0.25) is 9.59 Å². The van der Waals surface area contributed by atoms with Crippen LogP contribution in [0.1, 0.15) is 16.8 Å². The largest absolute Gasteiger partial charge is 0.480 e. The highest BCUT2D eigenvalue weighted by Crippen LogP contribution is 2.22. The summed E-state index contributed by atoms with van der Waals surface area (Å²) in [4.78, 5) is 24.7. The SMILES string of the molecule is CN(C)c1ccc2cc(C(=O)CC(N)C(=O)O)ccc2c1. The quantitative estimate of drug-likeness (QED) is 0.820. The van der Waals surface area contributed by atoms with E-state index in [2.05, 4.69) is 0 Å². The molecule has 110 valence electrons. The van der Waals surface area contributed by atoms with E-state index in [1.165, 1.54) is 0 Å². The van der Waals surface area contributed by atoms with Crippen LogP contribution in [0.25, 0.3) is 10.8 Å². The molecule has 0 saturated carbocycles. The lowest BCUT2D eigenvalue weighted by Crippen LogP contribution is -2.32. The standard InChI is InChI=1S/C16H18N2O3/c1-18(2)13-6-5-10-7-12(4-3-11(10)8-13)15(19)9-14(17)16(20)21/h3-8,14H,9,17H2,1-2H3,(H,20,21). The lowest BCUT2D eigenvalue weighted by molar-refractivity contribution is -0.138. The third-order valence-electron chi connectivity index (χ3n) is 3.38. The molecular weight excluding hydrogens is 268 g/mol. The van der Waals surface area contributed by atoms with Crippen LogP contribution in [0.3, 0.4) is 0 Å². The van der Waals surface area contributed by atoms with E-state index in [0.717, 1.165) is 16.5 Å². The molecule has 0 aromatic heterocycles. The number of rotatable bonds is 5. The summed E-state index contributed by atoms with van der Waals surface area (Å²) in [6.07, 6.45) is -0.198. The third kappa shape index (κ3) is 3.38. The molecule has 0 fully saturated rings. The number of hydrogen-bond acceptors (Lipinski definition) is 4. The van der Waals surface area contributed by atoms with Gasteiger partial charge in [0, 0.05) is 31.8 Å². The number of hydrogen-bond donors (Lipinski definition) is 2. The number of carbonyl (C=O) groups is 2. The minimum atomic E-state index is -1.17. The number of aliphatic carboxylic acids is 1. The van der Waals surface area contributed by atoms with Crippen molar-refractivity contribution in [3.8, 4) is 0 Å². The molecule has 0 aliphatic rings. The maximum absolute atomic E-state index is 12.0. The van der Waals surface area contributed by atoms with Crippen molar-refractivity contribution in [2.45, 2.75) is 12.5 Å². The van der Waals surface area contributed by atoms with Crippen LogP contribution in [-0.4, -0.2) is 37.0 Å². The summed E-state index contributed by atoms with van der Waals surface area (Å²) in [7, 11) is 3.93. The molecule has 0 spiro atoms. The van der Waals surface area contributed by atoms with E-state index in [1.807, 2.05) is 43.3 Å². The molecule has 0 aliphatic carbocycles. The van der Waals surface area contributed by atoms with Gasteiger partial charge in [0.1, 0.15) is 6.04 Å². The lowest BCUT2D eigenvalue weighted by Gasteiger charge is -2.13. The monoisotopic (exact) mass is 286 g/mol. The predicted molar refractivity (Wildman–Crippen MR) is 82.8 cm³/mol. The van der Waals surface area contributed by atoms with Crippen LogP contribution in [0.15, 0.2) is 36.4 Å². The normalized spacial score (nSPS) is 12.1. The first kappa shape index (κ1) is 15.0. The van der Waals surface area contributed by atoms with Crippen LogP contribution < -0.4 is 10.6 Å². The molecule has 0 saturated heterocycles. The number of nitrogens with zero attached hydrogens (tertiary/aromatic N) is 1. The van der Waals surface area contributed by atoms with Crippen LogP contribution in [0.4, 0.5) is 5.69 Å². The molecule has 5 nitrogen and oxygen atoms in total. The number of nitrogens with two attached hydrogens (primary N) is 1. The van der Waals surface area contributed by atoms with Gasteiger partial charge in [-0.25, -0.2) is 0 Å². The van der Waals surface area contributed by atoms with Crippen molar-refractivity contribution in [3.05, 3.63) is 42.0 Å². The summed E-state index contributed by atoms with van der Waals surface area (Å²) in [6.45, 7) is 0. The molecule has 1 atom stereocenters. The van der Waals surface area contributed by atoms with E-state index < -0.39 is 12.0 Å². The highest BCUT2D eigenvalue weighted by Gasteiger charge is 2.17. The first-order valence-electron chi connectivity index (χ1n) is 6.61. The Kier molecular flexibility index (Phi) is 4.23. The average molecular weight is 286 g/mol.